The molecule has 1 aromatic rings. The molecule has 0 heterocycles. The first-order valence-electron chi connectivity index (χ1n) is 6.27. The fourth-order valence-electron chi connectivity index (χ4n) is 1.64. The molecule has 0 aliphatic carbocycles. The van der Waals surface area contributed by atoms with Gasteiger partial charge in [0.2, 0.25) is 5.91 Å². The molecule has 0 bridgehead atoms. The molecule has 5 heteroatoms. The third kappa shape index (κ3) is 4.48. The van der Waals surface area contributed by atoms with E-state index in [0.29, 0.717) is 12.3 Å². The highest BCUT2D eigenvalue weighted by Crippen LogP contribution is 2.24. The average Bonchev–Trinajstić information content (AvgIpc) is 2.49. The second kappa shape index (κ2) is 8.08. The first kappa shape index (κ1) is 15.9. The SMILES string of the molecule is C#CCNC(=O)C(C)NCc1ccc(OC)cc1OC. The van der Waals surface area contributed by atoms with Gasteiger partial charge in [-0.2, -0.15) is 0 Å². The normalized spacial score (nSPS) is 11.3. The van der Waals surface area contributed by atoms with Crippen LogP contribution >= 0.6 is 0 Å². The Hall–Kier alpha value is -2.19. The summed E-state index contributed by atoms with van der Waals surface area (Å²) in [7, 11) is 3.20. The smallest absolute Gasteiger partial charge is 0.237 e. The molecule has 5 nitrogen and oxygen atoms in total. The van der Waals surface area contributed by atoms with Crippen molar-refractivity contribution in [3.05, 3.63) is 23.8 Å². The lowest BCUT2D eigenvalue weighted by atomic mass is 10.1. The number of amides is 1. The molecule has 108 valence electrons. The molecule has 0 radical (unpaired) electrons. The number of benzene rings is 1. The van der Waals surface area contributed by atoms with Crippen LogP contribution < -0.4 is 20.1 Å². The summed E-state index contributed by atoms with van der Waals surface area (Å²) in [5.74, 6) is 3.68. The average molecular weight is 276 g/mol. The number of hydrogen-bond donors (Lipinski definition) is 2. The van der Waals surface area contributed by atoms with Crippen LogP contribution in [0.25, 0.3) is 0 Å². The van der Waals surface area contributed by atoms with Crippen LogP contribution in [-0.2, 0) is 11.3 Å². The minimum Gasteiger partial charge on any atom is -0.497 e. The van der Waals surface area contributed by atoms with Gasteiger partial charge in [-0.15, -0.1) is 6.42 Å². The third-order valence-electron chi connectivity index (χ3n) is 2.85. The Morgan fingerprint density at radius 1 is 1.40 bits per heavy atom. The van der Waals surface area contributed by atoms with Gasteiger partial charge in [0.1, 0.15) is 11.5 Å². The van der Waals surface area contributed by atoms with Crippen molar-refractivity contribution in [2.24, 2.45) is 0 Å². The van der Waals surface area contributed by atoms with E-state index in [9.17, 15) is 4.79 Å². The first-order valence-corrected chi connectivity index (χ1v) is 6.27. The molecule has 0 aromatic heterocycles. The van der Waals surface area contributed by atoms with E-state index < -0.39 is 0 Å². The van der Waals surface area contributed by atoms with Crippen LogP contribution in [0.15, 0.2) is 18.2 Å². The Kier molecular flexibility index (Phi) is 6.41. The van der Waals surface area contributed by atoms with Crippen LogP contribution in [0.2, 0.25) is 0 Å². The molecule has 0 saturated carbocycles. The van der Waals surface area contributed by atoms with E-state index in [1.54, 1.807) is 27.2 Å². The van der Waals surface area contributed by atoms with Crippen molar-refractivity contribution in [3.63, 3.8) is 0 Å². The molecule has 1 unspecified atom stereocenters. The van der Waals surface area contributed by atoms with E-state index in [1.165, 1.54) is 0 Å². The van der Waals surface area contributed by atoms with Crippen molar-refractivity contribution in [2.75, 3.05) is 20.8 Å². The number of rotatable bonds is 7. The zero-order chi connectivity index (χ0) is 15.0. The maximum Gasteiger partial charge on any atom is 0.237 e. The molecular formula is C15H20N2O3. The first-order chi connectivity index (χ1) is 9.62. The summed E-state index contributed by atoms with van der Waals surface area (Å²) >= 11 is 0. The highest BCUT2D eigenvalue weighted by Gasteiger charge is 2.12. The number of carbonyl (C=O) groups is 1. The summed E-state index contributed by atoms with van der Waals surface area (Å²) in [6.07, 6.45) is 5.09. The molecular weight excluding hydrogens is 256 g/mol. The summed E-state index contributed by atoms with van der Waals surface area (Å²) in [4.78, 5) is 11.7. The van der Waals surface area contributed by atoms with Gasteiger partial charge < -0.3 is 20.1 Å². The molecule has 0 spiro atoms. The molecule has 1 atom stereocenters. The number of terminal acetylenes is 1. The van der Waals surface area contributed by atoms with Crippen molar-refractivity contribution < 1.29 is 14.3 Å². The number of carbonyl (C=O) groups excluding carboxylic acids is 1. The predicted octanol–water partition coefficient (Wildman–Crippen LogP) is 0.931. The van der Waals surface area contributed by atoms with Gasteiger partial charge in [-0.1, -0.05) is 12.0 Å². The fraction of sp³-hybridized carbons (Fsp3) is 0.400. The topological polar surface area (TPSA) is 59.6 Å². The zero-order valence-electron chi connectivity index (χ0n) is 12.0. The van der Waals surface area contributed by atoms with Gasteiger partial charge in [-0.05, 0) is 13.0 Å². The maximum absolute atomic E-state index is 11.7. The van der Waals surface area contributed by atoms with Gasteiger partial charge >= 0.3 is 0 Å². The van der Waals surface area contributed by atoms with Crippen LogP contribution in [0.1, 0.15) is 12.5 Å². The molecule has 0 fully saturated rings. The van der Waals surface area contributed by atoms with Crippen LogP contribution in [0.3, 0.4) is 0 Å². The quantitative estimate of drug-likeness (QED) is 0.727. The van der Waals surface area contributed by atoms with E-state index in [4.69, 9.17) is 15.9 Å². The Labute approximate surface area is 119 Å². The number of hydrogen-bond acceptors (Lipinski definition) is 4. The van der Waals surface area contributed by atoms with E-state index in [2.05, 4.69) is 16.6 Å². The highest BCUT2D eigenvalue weighted by atomic mass is 16.5. The maximum atomic E-state index is 11.7. The van der Waals surface area contributed by atoms with Crippen LogP contribution in [-0.4, -0.2) is 32.7 Å². The highest BCUT2D eigenvalue weighted by molar-refractivity contribution is 5.81. The van der Waals surface area contributed by atoms with Gasteiger partial charge in [-0.3, -0.25) is 4.79 Å². The fourth-order valence-corrected chi connectivity index (χ4v) is 1.64. The minimum absolute atomic E-state index is 0.129. The number of nitrogens with one attached hydrogen (secondary N) is 2. The second-order valence-electron chi connectivity index (χ2n) is 4.20. The molecule has 0 saturated heterocycles. The molecule has 20 heavy (non-hydrogen) atoms. The van der Waals surface area contributed by atoms with Gasteiger partial charge in [0, 0.05) is 18.2 Å². The lowest BCUT2D eigenvalue weighted by Crippen LogP contribution is -2.41. The summed E-state index contributed by atoms with van der Waals surface area (Å²) in [5.41, 5.74) is 0.949. The third-order valence-corrected chi connectivity index (χ3v) is 2.85. The van der Waals surface area contributed by atoms with Crippen LogP contribution in [0.5, 0.6) is 11.5 Å². The summed E-state index contributed by atoms with van der Waals surface area (Å²) in [5, 5.41) is 5.74. The molecule has 1 rings (SSSR count). The molecule has 2 N–H and O–H groups in total. The summed E-state index contributed by atoms with van der Waals surface area (Å²) < 4.78 is 10.4. The van der Waals surface area contributed by atoms with E-state index in [0.717, 1.165) is 11.3 Å². The van der Waals surface area contributed by atoms with Crippen molar-refractivity contribution in [3.8, 4) is 23.8 Å². The number of methoxy groups -OCH3 is 2. The Bertz CT molecular complexity index is 494. The minimum atomic E-state index is -0.338. The predicted molar refractivity (Wildman–Crippen MR) is 77.7 cm³/mol. The summed E-state index contributed by atoms with van der Waals surface area (Å²) in [6.45, 7) is 2.52. The lowest BCUT2D eigenvalue weighted by molar-refractivity contribution is -0.122. The van der Waals surface area contributed by atoms with Crippen molar-refractivity contribution in [1.29, 1.82) is 0 Å². The molecule has 1 amide bonds. The van der Waals surface area contributed by atoms with Crippen molar-refractivity contribution in [2.45, 2.75) is 19.5 Å². The van der Waals surface area contributed by atoms with Crippen LogP contribution in [0.4, 0.5) is 0 Å². The van der Waals surface area contributed by atoms with Gasteiger partial charge in [0.05, 0.1) is 26.8 Å². The Morgan fingerprint density at radius 2 is 2.15 bits per heavy atom. The summed E-state index contributed by atoms with van der Waals surface area (Å²) in [6, 6.07) is 5.22. The van der Waals surface area contributed by atoms with E-state index in [1.807, 2.05) is 12.1 Å². The zero-order valence-corrected chi connectivity index (χ0v) is 12.0. The van der Waals surface area contributed by atoms with Crippen molar-refractivity contribution in [1.82, 2.24) is 10.6 Å². The van der Waals surface area contributed by atoms with Crippen molar-refractivity contribution >= 4 is 5.91 Å². The monoisotopic (exact) mass is 276 g/mol. The van der Waals surface area contributed by atoms with E-state index >= 15 is 0 Å². The van der Waals surface area contributed by atoms with E-state index in [-0.39, 0.29) is 18.5 Å². The van der Waals surface area contributed by atoms with Gasteiger partial charge in [0.15, 0.2) is 0 Å². The lowest BCUT2D eigenvalue weighted by Gasteiger charge is -2.15. The van der Waals surface area contributed by atoms with Gasteiger partial charge in [0.25, 0.3) is 0 Å². The Balaban J connectivity index is 2.61. The van der Waals surface area contributed by atoms with Crippen LogP contribution in [0, 0.1) is 12.3 Å². The van der Waals surface area contributed by atoms with Gasteiger partial charge in [-0.25, -0.2) is 0 Å². The molecule has 1 aromatic carbocycles. The number of ether oxygens (including phenoxy) is 2. The second-order valence-corrected chi connectivity index (χ2v) is 4.20. The Morgan fingerprint density at radius 3 is 2.75 bits per heavy atom. The molecule has 0 aliphatic heterocycles. The molecule has 0 aliphatic rings. The standard InChI is InChI=1S/C15H20N2O3/c1-5-8-16-15(18)11(2)17-10-12-6-7-13(19-3)9-14(12)20-4/h1,6-7,9,11,17H,8,10H2,2-4H3,(H,16,18). The largest absolute Gasteiger partial charge is 0.497 e.